The molecule has 2 N–H and O–H groups in total. The van der Waals surface area contributed by atoms with E-state index in [0.29, 0.717) is 10.0 Å². The van der Waals surface area contributed by atoms with Gasteiger partial charge in [0.25, 0.3) is 0 Å². The lowest BCUT2D eigenvalue weighted by Crippen LogP contribution is -2.09. The summed E-state index contributed by atoms with van der Waals surface area (Å²) in [5, 5.41) is 12.8. The molecule has 2 rings (SSSR count). The zero-order chi connectivity index (χ0) is 10.1. The van der Waals surface area contributed by atoms with Crippen molar-refractivity contribution in [2.45, 2.75) is 12.3 Å². The van der Waals surface area contributed by atoms with E-state index < -0.39 is 0 Å². The van der Waals surface area contributed by atoms with Crippen LogP contribution in [0.2, 0.25) is 0 Å². The highest BCUT2D eigenvalue weighted by Crippen LogP contribution is 2.34. The minimum Gasteiger partial charge on any atom is -0.508 e. The van der Waals surface area contributed by atoms with Gasteiger partial charge in [-0.05, 0) is 25.1 Å². The van der Waals surface area contributed by atoms with Crippen LogP contribution in [0.3, 0.4) is 0 Å². The predicted molar refractivity (Wildman–Crippen MR) is 56.0 cm³/mol. The first kappa shape index (κ1) is 9.93. The summed E-state index contributed by atoms with van der Waals surface area (Å²) >= 11 is 3.14. The van der Waals surface area contributed by atoms with Crippen LogP contribution in [0.25, 0.3) is 0 Å². The monoisotopic (exact) mass is 259 g/mol. The van der Waals surface area contributed by atoms with Gasteiger partial charge in [0.15, 0.2) is 0 Å². The van der Waals surface area contributed by atoms with Gasteiger partial charge in [0.1, 0.15) is 11.6 Å². The summed E-state index contributed by atoms with van der Waals surface area (Å²) in [6.45, 7) is 1.63. The molecule has 1 saturated heterocycles. The lowest BCUT2D eigenvalue weighted by atomic mass is 9.97. The third-order valence-electron chi connectivity index (χ3n) is 2.54. The summed E-state index contributed by atoms with van der Waals surface area (Å²) in [4.78, 5) is 0. The number of hydrogen-bond donors (Lipinski definition) is 2. The normalized spacial score (nSPS) is 21.4. The van der Waals surface area contributed by atoms with Gasteiger partial charge in [-0.15, -0.1) is 0 Å². The van der Waals surface area contributed by atoms with E-state index in [1.54, 1.807) is 0 Å². The maximum atomic E-state index is 13.5. The van der Waals surface area contributed by atoms with E-state index in [1.165, 1.54) is 12.1 Å². The number of halogens is 2. The Morgan fingerprint density at radius 3 is 2.86 bits per heavy atom. The van der Waals surface area contributed by atoms with Gasteiger partial charge in [-0.3, -0.25) is 0 Å². The maximum absolute atomic E-state index is 13.5. The number of phenolic OH excluding ortho intramolecular Hbond substituents is 1. The number of rotatable bonds is 1. The third kappa shape index (κ3) is 1.77. The van der Waals surface area contributed by atoms with E-state index in [4.69, 9.17) is 0 Å². The lowest BCUT2D eigenvalue weighted by molar-refractivity contribution is 0.450. The molecule has 76 valence electrons. The van der Waals surface area contributed by atoms with Crippen molar-refractivity contribution in [2.24, 2.45) is 0 Å². The Balaban J connectivity index is 2.40. The summed E-state index contributed by atoms with van der Waals surface area (Å²) in [5.41, 5.74) is 0.443. The SMILES string of the molecule is Oc1cc(Br)cc(F)c1C1CCNC1. The molecule has 1 heterocycles. The van der Waals surface area contributed by atoms with Crippen LogP contribution >= 0.6 is 15.9 Å². The molecule has 1 aliphatic heterocycles. The van der Waals surface area contributed by atoms with Crippen LogP contribution < -0.4 is 5.32 Å². The van der Waals surface area contributed by atoms with Crippen LogP contribution in [0, 0.1) is 5.82 Å². The van der Waals surface area contributed by atoms with Gasteiger partial charge in [0.2, 0.25) is 0 Å². The Labute approximate surface area is 90.3 Å². The van der Waals surface area contributed by atoms with Crippen molar-refractivity contribution < 1.29 is 9.50 Å². The Kier molecular flexibility index (Phi) is 2.74. The van der Waals surface area contributed by atoms with Gasteiger partial charge in [-0.2, -0.15) is 0 Å². The van der Waals surface area contributed by atoms with Crippen LogP contribution in [0.4, 0.5) is 4.39 Å². The second-order valence-electron chi connectivity index (χ2n) is 3.51. The molecule has 0 aromatic heterocycles. The Morgan fingerprint density at radius 2 is 2.29 bits per heavy atom. The van der Waals surface area contributed by atoms with Crippen LogP contribution in [-0.2, 0) is 0 Å². The molecule has 4 heteroatoms. The molecule has 0 spiro atoms. The van der Waals surface area contributed by atoms with E-state index in [9.17, 15) is 9.50 Å². The molecule has 0 amide bonds. The molecule has 1 atom stereocenters. The molecule has 0 saturated carbocycles. The average Bonchev–Trinajstić information content (AvgIpc) is 2.54. The highest BCUT2D eigenvalue weighted by Gasteiger charge is 2.23. The van der Waals surface area contributed by atoms with Crippen molar-refractivity contribution in [1.29, 1.82) is 0 Å². The van der Waals surface area contributed by atoms with Crippen LogP contribution in [0.5, 0.6) is 5.75 Å². The predicted octanol–water partition coefficient (Wildman–Crippen LogP) is 2.37. The molecule has 1 aromatic rings. The summed E-state index contributed by atoms with van der Waals surface area (Å²) in [7, 11) is 0. The largest absolute Gasteiger partial charge is 0.508 e. The second-order valence-corrected chi connectivity index (χ2v) is 4.43. The summed E-state index contributed by atoms with van der Waals surface area (Å²) in [6.07, 6.45) is 0.881. The molecule has 0 bridgehead atoms. The summed E-state index contributed by atoms with van der Waals surface area (Å²) in [5.74, 6) is -0.181. The number of phenols is 1. The standard InChI is InChI=1S/C10H11BrFNO/c11-7-3-8(12)10(9(14)4-7)6-1-2-13-5-6/h3-4,6,13-14H,1-2,5H2. The molecule has 14 heavy (non-hydrogen) atoms. The topological polar surface area (TPSA) is 32.3 Å². The van der Waals surface area contributed by atoms with Crippen molar-refractivity contribution in [3.8, 4) is 5.75 Å². The van der Waals surface area contributed by atoms with Gasteiger partial charge in [-0.1, -0.05) is 15.9 Å². The fraction of sp³-hybridized carbons (Fsp3) is 0.400. The first-order valence-electron chi connectivity index (χ1n) is 4.57. The highest BCUT2D eigenvalue weighted by molar-refractivity contribution is 9.10. The molecule has 1 aliphatic rings. The van der Waals surface area contributed by atoms with Crippen LogP contribution in [-0.4, -0.2) is 18.2 Å². The van der Waals surface area contributed by atoms with E-state index in [-0.39, 0.29) is 17.5 Å². The highest BCUT2D eigenvalue weighted by atomic mass is 79.9. The minimum absolute atomic E-state index is 0.0468. The number of hydrogen-bond acceptors (Lipinski definition) is 2. The Morgan fingerprint density at radius 1 is 1.50 bits per heavy atom. The van der Waals surface area contributed by atoms with Crippen LogP contribution in [0.15, 0.2) is 16.6 Å². The fourth-order valence-electron chi connectivity index (χ4n) is 1.88. The average molecular weight is 260 g/mol. The molecular weight excluding hydrogens is 249 g/mol. The molecule has 1 unspecified atom stereocenters. The Hall–Kier alpha value is -0.610. The summed E-state index contributed by atoms with van der Waals surface area (Å²) < 4.78 is 14.1. The van der Waals surface area contributed by atoms with Gasteiger partial charge in [-0.25, -0.2) is 4.39 Å². The van der Waals surface area contributed by atoms with Gasteiger partial charge in [0.05, 0.1) is 0 Å². The van der Waals surface area contributed by atoms with Crippen molar-refractivity contribution in [1.82, 2.24) is 5.32 Å². The first-order valence-corrected chi connectivity index (χ1v) is 5.36. The Bertz CT molecular complexity index is 327. The minimum atomic E-state index is -0.328. The van der Waals surface area contributed by atoms with Crippen molar-refractivity contribution in [3.63, 3.8) is 0 Å². The van der Waals surface area contributed by atoms with E-state index in [0.717, 1.165) is 19.5 Å². The molecule has 2 nitrogen and oxygen atoms in total. The lowest BCUT2D eigenvalue weighted by Gasteiger charge is -2.12. The molecule has 1 fully saturated rings. The smallest absolute Gasteiger partial charge is 0.131 e. The fourth-order valence-corrected chi connectivity index (χ4v) is 2.29. The van der Waals surface area contributed by atoms with Crippen molar-refractivity contribution >= 4 is 15.9 Å². The van der Waals surface area contributed by atoms with E-state index >= 15 is 0 Å². The van der Waals surface area contributed by atoms with Gasteiger partial charge in [0, 0.05) is 22.5 Å². The first-order chi connectivity index (χ1) is 6.68. The second kappa shape index (κ2) is 3.87. The van der Waals surface area contributed by atoms with Crippen LogP contribution in [0.1, 0.15) is 17.9 Å². The van der Waals surface area contributed by atoms with E-state index in [1.807, 2.05) is 0 Å². The molecular formula is C10H11BrFNO. The maximum Gasteiger partial charge on any atom is 0.131 e. The van der Waals surface area contributed by atoms with Gasteiger partial charge >= 0.3 is 0 Å². The number of nitrogens with one attached hydrogen (secondary N) is 1. The quantitative estimate of drug-likeness (QED) is 0.812. The van der Waals surface area contributed by atoms with Gasteiger partial charge < -0.3 is 10.4 Å². The number of benzene rings is 1. The third-order valence-corrected chi connectivity index (χ3v) is 3.00. The molecule has 0 radical (unpaired) electrons. The zero-order valence-corrected chi connectivity index (χ0v) is 9.14. The van der Waals surface area contributed by atoms with Crippen molar-refractivity contribution in [3.05, 3.63) is 28.0 Å². The van der Waals surface area contributed by atoms with Crippen molar-refractivity contribution in [2.75, 3.05) is 13.1 Å². The zero-order valence-electron chi connectivity index (χ0n) is 7.56. The molecule has 1 aromatic carbocycles. The van der Waals surface area contributed by atoms with E-state index in [2.05, 4.69) is 21.2 Å². The summed E-state index contributed by atoms with van der Waals surface area (Å²) in [6, 6.07) is 2.93. The molecule has 0 aliphatic carbocycles. The number of aromatic hydroxyl groups is 1.